The molecule has 0 saturated carbocycles. The fourth-order valence-corrected chi connectivity index (χ4v) is 2.40. The lowest BCUT2D eigenvalue weighted by molar-refractivity contribution is -0.384. The molecule has 1 unspecified atom stereocenters. The summed E-state index contributed by atoms with van der Waals surface area (Å²) in [6.07, 6.45) is 2.01. The van der Waals surface area contributed by atoms with Crippen molar-refractivity contribution < 1.29 is 14.4 Å². The lowest BCUT2D eigenvalue weighted by Gasteiger charge is -2.24. The Kier molecular flexibility index (Phi) is 4.67. The largest absolute Gasteiger partial charge is 0.491 e. The van der Waals surface area contributed by atoms with Gasteiger partial charge in [0.25, 0.3) is 5.69 Å². The molecule has 116 valence electrons. The topological polar surface area (TPSA) is 73.6 Å². The van der Waals surface area contributed by atoms with Crippen molar-refractivity contribution in [1.29, 1.82) is 0 Å². The van der Waals surface area contributed by atoms with Crippen molar-refractivity contribution in [3.05, 3.63) is 28.3 Å². The van der Waals surface area contributed by atoms with Crippen molar-refractivity contribution in [2.75, 3.05) is 18.5 Å². The van der Waals surface area contributed by atoms with Crippen LogP contribution in [0.4, 0.5) is 11.4 Å². The summed E-state index contributed by atoms with van der Waals surface area (Å²) in [5, 5.41) is 14.2. The first-order valence-electron chi connectivity index (χ1n) is 7.22. The molecule has 2 rings (SSSR count). The Morgan fingerprint density at radius 3 is 2.81 bits per heavy atom. The number of ether oxygens (including phenoxy) is 2. The Morgan fingerprint density at radius 1 is 1.48 bits per heavy atom. The fraction of sp³-hybridized carbons (Fsp3) is 0.600. The van der Waals surface area contributed by atoms with Crippen LogP contribution in [0.5, 0.6) is 5.75 Å². The molecule has 0 aliphatic carbocycles. The average Bonchev–Trinajstić information content (AvgIpc) is 2.83. The zero-order chi connectivity index (χ0) is 15.5. The molecule has 1 fully saturated rings. The van der Waals surface area contributed by atoms with Crippen LogP contribution in [0.3, 0.4) is 0 Å². The van der Waals surface area contributed by atoms with Gasteiger partial charge in [0.1, 0.15) is 5.75 Å². The maximum absolute atomic E-state index is 11.0. The van der Waals surface area contributed by atoms with E-state index in [4.69, 9.17) is 9.47 Å². The zero-order valence-corrected chi connectivity index (χ0v) is 12.7. The van der Waals surface area contributed by atoms with E-state index in [1.165, 1.54) is 12.1 Å². The van der Waals surface area contributed by atoms with Crippen LogP contribution >= 0.6 is 0 Å². The van der Waals surface area contributed by atoms with Crippen LogP contribution in [-0.2, 0) is 4.74 Å². The third-order valence-electron chi connectivity index (χ3n) is 3.44. The number of anilines is 1. The van der Waals surface area contributed by atoms with E-state index in [-0.39, 0.29) is 17.4 Å². The Labute approximate surface area is 124 Å². The van der Waals surface area contributed by atoms with Crippen molar-refractivity contribution in [3.8, 4) is 5.75 Å². The molecule has 1 N–H and O–H groups in total. The van der Waals surface area contributed by atoms with Crippen LogP contribution in [0, 0.1) is 10.1 Å². The van der Waals surface area contributed by atoms with E-state index in [9.17, 15) is 10.1 Å². The van der Waals surface area contributed by atoms with E-state index in [1.54, 1.807) is 6.07 Å². The second-order valence-electron chi connectivity index (χ2n) is 5.89. The van der Waals surface area contributed by atoms with Crippen molar-refractivity contribution in [2.45, 2.75) is 45.3 Å². The molecular formula is C15H22N2O4. The number of nitrogens with zero attached hydrogens (tertiary/aromatic N) is 1. The molecule has 0 radical (unpaired) electrons. The summed E-state index contributed by atoms with van der Waals surface area (Å²) in [4.78, 5) is 10.6. The molecule has 6 heteroatoms. The van der Waals surface area contributed by atoms with Crippen molar-refractivity contribution >= 4 is 11.4 Å². The molecule has 1 heterocycles. The summed E-state index contributed by atoms with van der Waals surface area (Å²) in [5.74, 6) is 0.499. The fourth-order valence-electron chi connectivity index (χ4n) is 2.40. The molecule has 1 aliphatic heterocycles. The summed E-state index contributed by atoms with van der Waals surface area (Å²) >= 11 is 0. The number of rotatable bonds is 6. The van der Waals surface area contributed by atoms with E-state index in [0.717, 1.165) is 19.4 Å². The van der Waals surface area contributed by atoms with Gasteiger partial charge in [0.05, 0.1) is 22.7 Å². The smallest absolute Gasteiger partial charge is 0.275 e. The highest BCUT2D eigenvalue weighted by atomic mass is 16.6. The van der Waals surface area contributed by atoms with Gasteiger partial charge in [-0.25, -0.2) is 0 Å². The van der Waals surface area contributed by atoms with Crippen LogP contribution in [0.25, 0.3) is 0 Å². The lowest BCUT2D eigenvalue weighted by Crippen LogP contribution is -2.32. The predicted octanol–water partition coefficient (Wildman–Crippen LogP) is 3.36. The number of benzene rings is 1. The molecule has 1 aromatic carbocycles. The summed E-state index contributed by atoms with van der Waals surface area (Å²) in [7, 11) is 0. The first-order valence-corrected chi connectivity index (χ1v) is 7.22. The van der Waals surface area contributed by atoms with Crippen LogP contribution in [-0.4, -0.2) is 29.8 Å². The molecule has 0 bridgehead atoms. The van der Waals surface area contributed by atoms with Crippen molar-refractivity contribution in [1.82, 2.24) is 0 Å². The summed E-state index contributed by atoms with van der Waals surface area (Å²) < 4.78 is 11.3. The molecular weight excluding hydrogens is 272 g/mol. The molecule has 1 aromatic rings. The second kappa shape index (κ2) is 6.30. The van der Waals surface area contributed by atoms with Crippen LogP contribution in [0.1, 0.15) is 33.6 Å². The van der Waals surface area contributed by atoms with E-state index in [0.29, 0.717) is 18.0 Å². The van der Waals surface area contributed by atoms with Crippen LogP contribution in [0.15, 0.2) is 18.2 Å². The van der Waals surface area contributed by atoms with E-state index in [2.05, 4.69) is 12.2 Å². The molecule has 1 saturated heterocycles. The molecule has 21 heavy (non-hydrogen) atoms. The maximum Gasteiger partial charge on any atom is 0.275 e. The second-order valence-corrected chi connectivity index (χ2v) is 5.89. The Bertz CT molecular complexity index is 510. The van der Waals surface area contributed by atoms with E-state index < -0.39 is 4.92 Å². The van der Waals surface area contributed by atoms with Gasteiger partial charge in [-0.3, -0.25) is 10.1 Å². The van der Waals surface area contributed by atoms with E-state index >= 15 is 0 Å². The Balaban J connectivity index is 2.13. The third-order valence-corrected chi connectivity index (χ3v) is 3.44. The van der Waals surface area contributed by atoms with Gasteiger partial charge in [-0.15, -0.1) is 0 Å². The SMILES string of the molecule is CC(C)Oc1cc(NCC2(C)CCCO2)cc([N+](=O)[O-])c1. The molecule has 6 nitrogen and oxygen atoms in total. The Hall–Kier alpha value is -1.82. The minimum absolute atomic E-state index is 0.0214. The number of nitro groups is 1. The number of nitrogens with one attached hydrogen (secondary N) is 1. The molecule has 0 aromatic heterocycles. The number of nitro benzene ring substituents is 1. The number of hydrogen-bond donors (Lipinski definition) is 1. The molecule has 0 amide bonds. The zero-order valence-electron chi connectivity index (χ0n) is 12.7. The molecule has 1 aliphatic rings. The van der Waals surface area contributed by atoms with Crippen LogP contribution < -0.4 is 10.1 Å². The van der Waals surface area contributed by atoms with Gasteiger partial charge < -0.3 is 14.8 Å². The van der Waals surface area contributed by atoms with Gasteiger partial charge in [0.15, 0.2) is 0 Å². The molecule has 0 spiro atoms. The number of non-ortho nitro benzene ring substituents is 1. The van der Waals surface area contributed by atoms with Crippen molar-refractivity contribution in [3.63, 3.8) is 0 Å². The van der Waals surface area contributed by atoms with Gasteiger partial charge in [-0.05, 0) is 33.6 Å². The quantitative estimate of drug-likeness (QED) is 0.643. The third kappa shape index (κ3) is 4.32. The average molecular weight is 294 g/mol. The predicted molar refractivity (Wildman–Crippen MR) is 80.9 cm³/mol. The van der Waals surface area contributed by atoms with Crippen LogP contribution in [0.2, 0.25) is 0 Å². The van der Waals surface area contributed by atoms with Gasteiger partial charge in [0, 0.05) is 31.0 Å². The highest BCUT2D eigenvalue weighted by Crippen LogP contribution is 2.29. The summed E-state index contributed by atoms with van der Waals surface area (Å²) in [6.45, 7) is 7.22. The van der Waals surface area contributed by atoms with E-state index in [1.807, 2.05) is 13.8 Å². The van der Waals surface area contributed by atoms with Gasteiger partial charge >= 0.3 is 0 Å². The number of hydrogen-bond acceptors (Lipinski definition) is 5. The maximum atomic E-state index is 11.0. The van der Waals surface area contributed by atoms with Crippen molar-refractivity contribution in [2.24, 2.45) is 0 Å². The minimum Gasteiger partial charge on any atom is -0.491 e. The lowest BCUT2D eigenvalue weighted by atomic mass is 10.0. The first-order chi connectivity index (χ1) is 9.88. The normalized spacial score (nSPS) is 21.5. The van der Waals surface area contributed by atoms with Gasteiger partial charge in [-0.2, -0.15) is 0 Å². The first kappa shape index (κ1) is 15.6. The summed E-state index contributed by atoms with van der Waals surface area (Å²) in [5.41, 5.74) is 0.494. The van der Waals surface area contributed by atoms with Gasteiger partial charge in [0.2, 0.25) is 0 Å². The monoisotopic (exact) mass is 294 g/mol. The highest BCUT2D eigenvalue weighted by Gasteiger charge is 2.29. The van der Waals surface area contributed by atoms with Gasteiger partial charge in [-0.1, -0.05) is 0 Å². The Morgan fingerprint density at radius 2 is 2.24 bits per heavy atom. The molecule has 1 atom stereocenters. The highest BCUT2D eigenvalue weighted by molar-refractivity contribution is 5.56. The minimum atomic E-state index is -0.411. The summed E-state index contributed by atoms with van der Waals surface area (Å²) in [6, 6.07) is 4.75. The standard InChI is InChI=1S/C15H22N2O4/c1-11(2)21-14-8-12(7-13(9-14)17(18)19)16-10-15(3)5-4-6-20-15/h7-9,11,16H,4-6,10H2,1-3H3.